The first-order valence-corrected chi connectivity index (χ1v) is 15.8. The van der Waals surface area contributed by atoms with Crippen LogP contribution in [-0.4, -0.2) is 119 Å². The highest BCUT2D eigenvalue weighted by molar-refractivity contribution is 6.02. The highest BCUT2D eigenvalue weighted by Gasteiger charge is 2.28. The molecule has 45 heavy (non-hydrogen) atoms. The molecule has 1 saturated heterocycles. The first-order valence-electron chi connectivity index (χ1n) is 15.8. The molecule has 1 heterocycles. The second-order valence-electron chi connectivity index (χ2n) is 11.2. The minimum absolute atomic E-state index is 0.00939. The van der Waals surface area contributed by atoms with Crippen molar-refractivity contribution in [3.63, 3.8) is 0 Å². The van der Waals surface area contributed by atoms with Gasteiger partial charge < -0.3 is 40.6 Å². The highest BCUT2D eigenvalue weighted by Crippen LogP contribution is 2.15. The summed E-state index contributed by atoms with van der Waals surface area (Å²) in [5.74, 6) is -0.876. The smallest absolute Gasteiger partial charge is 0.312 e. The van der Waals surface area contributed by atoms with Gasteiger partial charge in [-0.25, -0.2) is 4.79 Å². The Balaban J connectivity index is 1.96. The summed E-state index contributed by atoms with van der Waals surface area (Å²) in [7, 11) is 0. The molecular formula is C30H53N5O10. The fraction of sp³-hybridized carbons (Fsp3) is 0.800. The van der Waals surface area contributed by atoms with E-state index in [0.29, 0.717) is 65.8 Å². The Morgan fingerprint density at radius 3 is 1.87 bits per heavy atom. The number of likely N-dealkylation sites (tertiary alicyclic amines) is 1. The lowest BCUT2D eigenvalue weighted by atomic mass is 9.91. The summed E-state index contributed by atoms with van der Waals surface area (Å²) in [4.78, 5) is 71.9. The number of carbonyl (C=O) groups is 6. The van der Waals surface area contributed by atoms with E-state index in [1.54, 1.807) is 0 Å². The zero-order valence-electron chi connectivity index (χ0n) is 27.1. The quantitative estimate of drug-likeness (QED) is 0.0711. The number of carbonyl (C=O) groups excluding carboxylic acids is 6. The van der Waals surface area contributed by atoms with Crippen molar-refractivity contribution < 1.29 is 47.7 Å². The molecule has 0 saturated carbocycles. The maximum Gasteiger partial charge on any atom is 0.312 e. The number of nitrogens with one attached hydrogen (secondary N) is 3. The molecule has 0 aliphatic carbocycles. The van der Waals surface area contributed by atoms with Crippen molar-refractivity contribution in [3.05, 3.63) is 0 Å². The van der Waals surface area contributed by atoms with E-state index >= 15 is 0 Å². The standard InChI is InChI=1S/C30H53N5O10/c1-22(2)29(24(36)21-23(3)5-4-10-33-30(31)41)34-26(38)9-13-42-15-17-44-19-20-45-18-16-43-14-11-32-25(37)8-12-35-27(39)6-7-28(35)40/h22-23,29H,4-21H2,1-3H3,(H,32,37)(H,34,38)(H3,31,33,41)/t23-,29+/m1/s1. The summed E-state index contributed by atoms with van der Waals surface area (Å²) >= 11 is 0. The molecule has 0 bridgehead atoms. The number of amides is 6. The van der Waals surface area contributed by atoms with E-state index in [9.17, 15) is 28.8 Å². The lowest BCUT2D eigenvalue weighted by molar-refractivity contribution is -0.138. The largest absolute Gasteiger partial charge is 0.379 e. The number of ketones is 1. The van der Waals surface area contributed by atoms with Gasteiger partial charge in [-0.15, -0.1) is 0 Å². The summed E-state index contributed by atoms with van der Waals surface area (Å²) < 4.78 is 21.7. The van der Waals surface area contributed by atoms with Crippen LogP contribution in [0.1, 0.15) is 65.7 Å². The molecule has 0 spiro atoms. The first-order chi connectivity index (χ1) is 21.5. The third-order valence-corrected chi connectivity index (χ3v) is 6.93. The van der Waals surface area contributed by atoms with Crippen molar-refractivity contribution in [2.24, 2.45) is 17.6 Å². The van der Waals surface area contributed by atoms with Crippen molar-refractivity contribution in [2.75, 3.05) is 72.5 Å². The van der Waals surface area contributed by atoms with Gasteiger partial charge in [0.05, 0.1) is 58.9 Å². The normalized spacial score (nSPS) is 14.4. The van der Waals surface area contributed by atoms with Gasteiger partial charge >= 0.3 is 6.03 Å². The van der Waals surface area contributed by atoms with Crippen molar-refractivity contribution in [1.29, 1.82) is 0 Å². The van der Waals surface area contributed by atoms with Crippen LogP contribution < -0.4 is 21.7 Å². The van der Waals surface area contributed by atoms with E-state index in [1.807, 2.05) is 20.8 Å². The van der Waals surface area contributed by atoms with Crippen LogP contribution in [0, 0.1) is 11.8 Å². The third-order valence-electron chi connectivity index (χ3n) is 6.93. The molecule has 15 nitrogen and oxygen atoms in total. The maximum absolute atomic E-state index is 12.8. The molecule has 1 fully saturated rings. The summed E-state index contributed by atoms with van der Waals surface area (Å²) in [5.41, 5.74) is 5.05. The van der Waals surface area contributed by atoms with Crippen LogP contribution in [0.3, 0.4) is 0 Å². The van der Waals surface area contributed by atoms with Crippen LogP contribution in [0.15, 0.2) is 0 Å². The number of Topliss-reactive ketones (excluding diaryl/α,β-unsaturated/α-hetero) is 1. The number of imide groups is 1. The second kappa shape index (κ2) is 24.1. The second-order valence-corrected chi connectivity index (χ2v) is 11.2. The summed E-state index contributed by atoms with van der Waals surface area (Å²) in [5, 5.41) is 8.05. The zero-order chi connectivity index (χ0) is 33.5. The molecule has 15 heteroatoms. The fourth-order valence-electron chi connectivity index (χ4n) is 4.46. The predicted octanol–water partition coefficient (Wildman–Crippen LogP) is 0.283. The highest BCUT2D eigenvalue weighted by atomic mass is 16.6. The number of nitrogens with zero attached hydrogens (tertiary/aromatic N) is 1. The lowest BCUT2D eigenvalue weighted by Gasteiger charge is -2.23. The van der Waals surface area contributed by atoms with Crippen molar-refractivity contribution in [2.45, 2.75) is 71.8 Å². The Morgan fingerprint density at radius 1 is 0.756 bits per heavy atom. The van der Waals surface area contributed by atoms with Crippen LogP contribution in [0.5, 0.6) is 0 Å². The topological polar surface area (TPSA) is 205 Å². The molecular weight excluding hydrogens is 590 g/mol. The van der Waals surface area contributed by atoms with E-state index in [-0.39, 0.29) is 80.1 Å². The lowest BCUT2D eigenvalue weighted by Crippen LogP contribution is -2.45. The van der Waals surface area contributed by atoms with Crippen LogP contribution in [0.2, 0.25) is 0 Å². The van der Waals surface area contributed by atoms with Crippen LogP contribution in [0.4, 0.5) is 4.79 Å². The Labute approximate surface area is 265 Å². The Hall–Kier alpha value is -3.14. The molecule has 0 unspecified atom stereocenters. The minimum atomic E-state index is -0.562. The molecule has 2 atom stereocenters. The van der Waals surface area contributed by atoms with Crippen molar-refractivity contribution in [3.8, 4) is 0 Å². The molecule has 6 amide bonds. The number of hydrogen-bond acceptors (Lipinski definition) is 10. The Morgan fingerprint density at radius 2 is 1.31 bits per heavy atom. The number of primary amides is 1. The predicted molar refractivity (Wildman–Crippen MR) is 164 cm³/mol. The molecule has 1 rings (SSSR count). The zero-order valence-corrected chi connectivity index (χ0v) is 27.1. The average Bonchev–Trinajstić information content (AvgIpc) is 3.30. The molecule has 1 aliphatic heterocycles. The van der Waals surface area contributed by atoms with E-state index in [0.717, 1.165) is 17.7 Å². The number of nitrogens with two attached hydrogens (primary N) is 1. The van der Waals surface area contributed by atoms with E-state index in [4.69, 9.17) is 24.7 Å². The SMILES string of the molecule is CC(C)[C@H](NC(=O)CCOCCOCCOCCOCCNC(=O)CCN1C(=O)CCC1=O)C(=O)C[C@H](C)CCCNC(N)=O. The average molecular weight is 644 g/mol. The van der Waals surface area contributed by atoms with Gasteiger partial charge in [0.1, 0.15) is 0 Å². The number of rotatable bonds is 27. The summed E-state index contributed by atoms with van der Waals surface area (Å²) in [6, 6.07) is -1.12. The van der Waals surface area contributed by atoms with Crippen molar-refractivity contribution in [1.82, 2.24) is 20.9 Å². The number of urea groups is 1. The van der Waals surface area contributed by atoms with Gasteiger partial charge in [-0.05, 0) is 24.7 Å². The fourth-order valence-corrected chi connectivity index (χ4v) is 4.46. The van der Waals surface area contributed by atoms with Gasteiger partial charge in [0.2, 0.25) is 23.6 Å². The Bertz CT molecular complexity index is 917. The van der Waals surface area contributed by atoms with Crippen LogP contribution in [0.25, 0.3) is 0 Å². The summed E-state index contributed by atoms with van der Waals surface area (Å²) in [6.45, 7) is 9.34. The van der Waals surface area contributed by atoms with Crippen LogP contribution >= 0.6 is 0 Å². The molecule has 0 aromatic heterocycles. The monoisotopic (exact) mass is 643 g/mol. The van der Waals surface area contributed by atoms with Gasteiger partial charge in [0.25, 0.3) is 0 Å². The Kier molecular flexibility index (Phi) is 21.4. The molecule has 1 aliphatic rings. The van der Waals surface area contributed by atoms with E-state index < -0.39 is 12.1 Å². The van der Waals surface area contributed by atoms with Gasteiger partial charge in [0.15, 0.2) is 5.78 Å². The molecule has 0 radical (unpaired) electrons. The van der Waals surface area contributed by atoms with Crippen molar-refractivity contribution >= 4 is 35.4 Å². The maximum atomic E-state index is 12.8. The molecule has 0 aromatic carbocycles. The molecule has 0 aromatic rings. The minimum Gasteiger partial charge on any atom is -0.379 e. The van der Waals surface area contributed by atoms with E-state index in [1.165, 1.54) is 0 Å². The summed E-state index contributed by atoms with van der Waals surface area (Å²) in [6.07, 6.45) is 2.48. The van der Waals surface area contributed by atoms with Gasteiger partial charge in [-0.2, -0.15) is 0 Å². The number of ether oxygens (including phenoxy) is 4. The van der Waals surface area contributed by atoms with Crippen LogP contribution in [-0.2, 0) is 42.9 Å². The van der Waals surface area contributed by atoms with Gasteiger partial charge in [-0.3, -0.25) is 28.9 Å². The third kappa shape index (κ3) is 19.8. The molecule has 5 N–H and O–H groups in total. The van der Waals surface area contributed by atoms with Gasteiger partial charge in [-0.1, -0.05) is 20.8 Å². The van der Waals surface area contributed by atoms with E-state index in [2.05, 4.69) is 16.0 Å². The number of hydrogen-bond donors (Lipinski definition) is 4. The molecule has 258 valence electrons. The first kappa shape index (κ1) is 39.9. The van der Waals surface area contributed by atoms with Gasteiger partial charge in [0, 0.05) is 51.7 Å².